The molecule has 0 aliphatic carbocycles. The van der Waals surface area contributed by atoms with Gasteiger partial charge in [-0.25, -0.2) is 0 Å². The lowest BCUT2D eigenvalue weighted by Crippen LogP contribution is -2.27. The van der Waals surface area contributed by atoms with Crippen LogP contribution in [0.3, 0.4) is 0 Å². The molecule has 0 atom stereocenters. The predicted molar refractivity (Wildman–Crippen MR) is 110 cm³/mol. The summed E-state index contributed by atoms with van der Waals surface area (Å²) in [5.41, 5.74) is 3.28. The standard InChI is InChI=1S/C20H21N3O2S2/c1-14-8-9-16(12-15(14)2)19-22-23-20(25-19)27-13-18(24)21-10-11-26-17-6-4-3-5-7-17/h3-9,12H,10-11,13H2,1-2H3,(H,21,24). The number of hydrogen-bond donors (Lipinski definition) is 1. The molecule has 1 N–H and O–H groups in total. The predicted octanol–water partition coefficient (Wildman–Crippen LogP) is 4.35. The minimum absolute atomic E-state index is 0.0420. The summed E-state index contributed by atoms with van der Waals surface area (Å²) in [5, 5.41) is 11.4. The van der Waals surface area contributed by atoms with E-state index in [0.29, 0.717) is 17.7 Å². The highest BCUT2D eigenvalue weighted by molar-refractivity contribution is 7.99. The zero-order chi connectivity index (χ0) is 19.1. The molecule has 3 aromatic rings. The second-order valence-corrected chi connectivity index (χ2v) is 8.07. The normalized spacial score (nSPS) is 10.7. The highest BCUT2D eigenvalue weighted by Crippen LogP contribution is 2.24. The van der Waals surface area contributed by atoms with Crippen LogP contribution in [0.5, 0.6) is 0 Å². The Balaban J connectivity index is 1.41. The van der Waals surface area contributed by atoms with Gasteiger partial charge in [-0.2, -0.15) is 0 Å². The molecule has 0 saturated heterocycles. The van der Waals surface area contributed by atoms with Crippen LogP contribution >= 0.6 is 23.5 Å². The molecule has 0 fully saturated rings. The number of rotatable bonds is 8. The molecule has 0 saturated carbocycles. The summed E-state index contributed by atoms with van der Waals surface area (Å²) >= 11 is 2.96. The van der Waals surface area contributed by atoms with Crippen molar-refractivity contribution in [1.82, 2.24) is 15.5 Å². The molecule has 5 nitrogen and oxygen atoms in total. The number of thioether (sulfide) groups is 2. The number of benzene rings is 2. The SMILES string of the molecule is Cc1ccc(-c2nnc(SCC(=O)NCCSc3ccccc3)o2)cc1C. The number of nitrogens with one attached hydrogen (secondary N) is 1. The summed E-state index contributed by atoms with van der Waals surface area (Å²) in [6, 6.07) is 16.1. The topological polar surface area (TPSA) is 68.0 Å². The molecular weight excluding hydrogens is 378 g/mol. The van der Waals surface area contributed by atoms with Crippen molar-refractivity contribution in [3.63, 3.8) is 0 Å². The molecule has 0 aliphatic rings. The molecule has 0 bridgehead atoms. The largest absolute Gasteiger partial charge is 0.411 e. The zero-order valence-electron chi connectivity index (χ0n) is 15.3. The van der Waals surface area contributed by atoms with Crippen LogP contribution in [0.1, 0.15) is 11.1 Å². The Morgan fingerprint density at radius 1 is 1.04 bits per heavy atom. The van der Waals surface area contributed by atoms with Crippen molar-refractivity contribution in [2.45, 2.75) is 24.0 Å². The van der Waals surface area contributed by atoms with Crippen molar-refractivity contribution in [1.29, 1.82) is 0 Å². The Labute approximate surface area is 167 Å². The number of carbonyl (C=O) groups is 1. The van der Waals surface area contributed by atoms with Gasteiger partial charge in [0.05, 0.1) is 5.75 Å². The highest BCUT2D eigenvalue weighted by atomic mass is 32.2. The van der Waals surface area contributed by atoms with Crippen molar-refractivity contribution in [3.8, 4) is 11.5 Å². The minimum Gasteiger partial charge on any atom is -0.411 e. The Morgan fingerprint density at radius 2 is 1.85 bits per heavy atom. The fourth-order valence-electron chi connectivity index (χ4n) is 2.31. The molecule has 0 aliphatic heterocycles. The van der Waals surface area contributed by atoms with E-state index in [1.54, 1.807) is 11.8 Å². The van der Waals surface area contributed by atoms with Gasteiger partial charge in [-0.3, -0.25) is 4.79 Å². The molecule has 140 valence electrons. The fraction of sp³-hybridized carbons (Fsp3) is 0.250. The van der Waals surface area contributed by atoms with E-state index in [4.69, 9.17) is 4.42 Å². The molecule has 3 rings (SSSR count). The van der Waals surface area contributed by atoms with E-state index in [0.717, 1.165) is 11.3 Å². The molecule has 27 heavy (non-hydrogen) atoms. The first-order chi connectivity index (χ1) is 13.1. The highest BCUT2D eigenvalue weighted by Gasteiger charge is 2.11. The molecule has 1 amide bonds. The van der Waals surface area contributed by atoms with Crippen molar-refractivity contribution < 1.29 is 9.21 Å². The van der Waals surface area contributed by atoms with Gasteiger partial charge in [-0.05, 0) is 49.2 Å². The van der Waals surface area contributed by atoms with Crippen molar-refractivity contribution in [2.24, 2.45) is 0 Å². The molecule has 0 radical (unpaired) electrons. The van der Waals surface area contributed by atoms with E-state index < -0.39 is 0 Å². The van der Waals surface area contributed by atoms with Crippen molar-refractivity contribution in [3.05, 3.63) is 59.7 Å². The summed E-state index contributed by atoms with van der Waals surface area (Å²) in [7, 11) is 0. The number of aromatic nitrogens is 2. The van der Waals surface area contributed by atoms with Gasteiger partial charge in [0.1, 0.15) is 0 Å². The third-order valence-electron chi connectivity index (χ3n) is 3.92. The molecule has 0 spiro atoms. The van der Waals surface area contributed by atoms with Crippen LogP contribution in [-0.2, 0) is 4.79 Å². The average Bonchev–Trinajstić information content (AvgIpc) is 3.16. The summed E-state index contributed by atoms with van der Waals surface area (Å²) in [5.74, 6) is 1.52. The third-order valence-corrected chi connectivity index (χ3v) is 5.76. The summed E-state index contributed by atoms with van der Waals surface area (Å²) in [6.07, 6.45) is 0. The van der Waals surface area contributed by atoms with E-state index in [1.807, 2.05) is 43.3 Å². The number of nitrogens with zero attached hydrogens (tertiary/aromatic N) is 2. The van der Waals surface area contributed by atoms with Gasteiger partial charge in [0.25, 0.3) is 5.22 Å². The molecular formula is C20H21N3O2S2. The molecule has 1 aromatic heterocycles. The molecule has 2 aromatic carbocycles. The van der Waals surface area contributed by atoms with Crippen LogP contribution in [0.25, 0.3) is 11.5 Å². The first-order valence-corrected chi connectivity index (χ1v) is 10.6. The zero-order valence-corrected chi connectivity index (χ0v) is 16.9. The quantitative estimate of drug-likeness (QED) is 0.448. The second kappa shape index (κ2) is 9.62. The van der Waals surface area contributed by atoms with Gasteiger partial charge in [0.2, 0.25) is 11.8 Å². The van der Waals surface area contributed by atoms with Crippen molar-refractivity contribution in [2.75, 3.05) is 18.1 Å². The van der Waals surface area contributed by atoms with E-state index >= 15 is 0 Å². The fourth-order valence-corrected chi connectivity index (χ4v) is 3.70. The average molecular weight is 400 g/mol. The molecule has 0 unspecified atom stereocenters. The minimum atomic E-state index is -0.0420. The maximum atomic E-state index is 12.0. The maximum absolute atomic E-state index is 12.0. The number of aryl methyl sites for hydroxylation is 2. The number of amides is 1. The molecule has 1 heterocycles. The smallest absolute Gasteiger partial charge is 0.277 e. The van der Waals surface area contributed by atoms with E-state index in [-0.39, 0.29) is 11.7 Å². The second-order valence-electron chi connectivity index (χ2n) is 5.97. The lowest BCUT2D eigenvalue weighted by molar-refractivity contribution is -0.118. The maximum Gasteiger partial charge on any atom is 0.277 e. The van der Waals surface area contributed by atoms with Gasteiger partial charge in [0, 0.05) is 22.8 Å². The summed E-state index contributed by atoms with van der Waals surface area (Å²) in [4.78, 5) is 13.2. The van der Waals surface area contributed by atoms with Gasteiger partial charge in [-0.1, -0.05) is 36.0 Å². The van der Waals surface area contributed by atoms with E-state index in [1.165, 1.54) is 27.8 Å². The Morgan fingerprint density at radius 3 is 2.63 bits per heavy atom. The van der Waals surface area contributed by atoms with Crippen LogP contribution in [0.4, 0.5) is 0 Å². The summed E-state index contributed by atoms with van der Waals surface area (Å²) < 4.78 is 5.66. The third kappa shape index (κ3) is 5.87. The first kappa shape index (κ1) is 19.5. The Kier molecular flexibility index (Phi) is 6.95. The van der Waals surface area contributed by atoms with Crippen LogP contribution in [0.15, 0.2) is 63.1 Å². The van der Waals surface area contributed by atoms with Gasteiger partial charge in [-0.15, -0.1) is 22.0 Å². The van der Waals surface area contributed by atoms with E-state index in [9.17, 15) is 4.79 Å². The summed E-state index contributed by atoms with van der Waals surface area (Å²) in [6.45, 7) is 4.73. The van der Waals surface area contributed by atoms with Crippen LogP contribution in [-0.4, -0.2) is 34.2 Å². The lowest BCUT2D eigenvalue weighted by atomic mass is 10.1. The van der Waals surface area contributed by atoms with Gasteiger partial charge >= 0.3 is 0 Å². The lowest BCUT2D eigenvalue weighted by Gasteiger charge is -2.04. The first-order valence-electron chi connectivity index (χ1n) is 8.60. The van der Waals surface area contributed by atoms with Crippen LogP contribution in [0.2, 0.25) is 0 Å². The van der Waals surface area contributed by atoms with E-state index in [2.05, 4.69) is 34.6 Å². The van der Waals surface area contributed by atoms with Gasteiger partial charge in [0.15, 0.2) is 0 Å². The number of hydrogen-bond acceptors (Lipinski definition) is 6. The van der Waals surface area contributed by atoms with Crippen LogP contribution in [0, 0.1) is 13.8 Å². The van der Waals surface area contributed by atoms with Crippen molar-refractivity contribution >= 4 is 29.4 Å². The van der Waals surface area contributed by atoms with Gasteiger partial charge < -0.3 is 9.73 Å². The molecule has 7 heteroatoms. The Hall–Kier alpha value is -2.25. The van der Waals surface area contributed by atoms with Crippen LogP contribution < -0.4 is 5.32 Å². The monoisotopic (exact) mass is 399 g/mol. The Bertz CT molecular complexity index is 897. The number of carbonyl (C=O) groups excluding carboxylic acids is 1.